The number of aromatic nitrogens is 3. The van der Waals surface area contributed by atoms with Gasteiger partial charge in [0, 0.05) is 42.8 Å². The number of hydrogen-bond donors (Lipinski definition) is 1. The van der Waals surface area contributed by atoms with E-state index in [-0.39, 0.29) is 18.5 Å². The third-order valence-corrected chi connectivity index (χ3v) is 7.64. The minimum atomic E-state index is 0.123. The maximum atomic E-state index is 6.20. The second kappa shape index (κ2) is 10.0. The summed E-state index contributed by atoms with van der Waals surface area (Å²) in [7, 11) is 0. The second-order valence-electron chi connectivity index (χ2n) is 9.95. The fraction of sp³-hybridized carbons (Fsp3) is 0.464. The third-order valence-electron chi connectivity index (χ3n) is 7.64. The molecule has 3 aliphatic rings. The summed E-state index contributed by atoms with van der Waals surface area (Å²) in [6.45, 7) is 6.27. The van der Waals surface area contributed by atoms with Crippen molar-refractivity contribution in [3.63, 3.8) is 0 Å². The van der Waals surface area contributed by atoms with Gasteiger partial charge in [-0.1, -0.05) is 0 Å². The Bertz CT molecular complexity index is 1240. The van der Waals surface area contributed by atoms with E-state index in [2.05, 4.69) is 33.9 Å². The molecule has 5 heterocycles. The molecule has 8 heteroatoms. The van der Waals surface area contributed by atoms with Crippen molar-refractivity contribution in [3.05, 3.63) is 59.0 Å². The highest BCUT2D eigenvalue weighted by Crippen LogP contribution is 2.40. The summed E-state index contributed by atoms with van der Waals surface area (Å²) in [6.07, 6.45) is 10.7. The van der Waals surface area contributed by atoms with Crippen LogP contribution in [0.1, 0.15) is 54.0 Å². The first-order valence-electron chi connectivity index (χ1n) is 13.0. The Morgan fingerprint density at radius 3 is 2.92 bits per heavy atom. The fourth-order valence-corrected chi connectivity index (χ4v) is 5.71. The average Bonchev–Trinajstić information content (AvgIpc) is 3.39. The topological polar surface area (TPSA) is 95.6 Å². The van der Waals surface area contributed by atoms with Crippen LogP contribution < -0.4 is 15.2 Å². The third kappa shape index (κ3) is 4.63. The quantitative estimate of drug-likeness (QED) is 0.551. The molecule has 2 N–H and O–H groups in total. The minimum Gasteiger partial charge on any atom is -0.488 e. The van der Waals surface area contributed by atoms with Gasteiger partial charge in [0.15, 0.2) is 5.82 Å². The van der Waals surface area contributed by atoms with E-state index < -0.39 is 0 Å². The van der Waals surface area contributed by atoms with Gasteiger partial charge in [-0.05, 0) is 67.6 Å². The molecule has 0 radical (unpaired) electrons. The zero-order chi connectivity index (χ0) is 24.5. The number of ether oxygens (including phenoxy) is 3. The fourth-order valence-electron chi connectivity index (χ4n) is 5.71. The highest BCUT2D eigenvalue weighted by molar-refractivity contribution is 5.65. The zero-order valence-electron chi connectivity index (χ0n) is 20.8. The Morgan fingerprint density at radius 1 is 1.14 bits per heavy atom. The summed E-state index contributed by atoms with van der Waals surface area (Å²) in [5.41, 5.74) is 13.2. The highest BCUT2D eigenvalue weighted by atomic mass is 16.5. The van der Waals surface area contributed by atoms with Gasteiger partial charge in [-0.2, -0.15) is 0 Å². The summed E-state index contributed by atoms with van der Waals surface area (Å²) >= 11 is 0. The summed E-state index contributed by atoms with van der Waals surface area (Å²) < 4.78 is 17.7. The normalized spacial score (nSPS) is 20.1. The number of hydrogen-bond acceptors (Lipinski definition) is 8. The zero-order valence-corrected chi connectivity index (χ0v) is 20.8. The number of aryl methyl sites for hydroxylation is 1. The van der Waals surface area contributed by atoms with E-state index in [0.717, 1.165) is 61.6 Å². The lowest BCUT2D eigenvalue weighted by molar-refractivity contribution is 0.0247. The first-order chi connectivity index (χ1) is 17.7. The SMILES string of the molecule is Cc1cc(-c2cnc(N)c(OCc3ccncc3OC3CCOCC3)n2)cc2c1CCN1CCCC21. The number of benzene rings is 1. The summed E-state index contributed by atoms with van der Waals surface area (Å²) in [5.74, 6) is 1.33. The van der Waals surface area contributed by atoms with Crippen molar-refractivity contribution in [3.8, 4) is 22.9 Å². The lowest BCUT2D eigenvalue weighted by atomic mass is 9.87. The first-order valence-corrected chi connectivity index (χ1v) is 13.0. The van der Waals surface area contributed by atoms with Crippen molar-refractivity contribution in [2.24, 2.45) is 0 Å². The van der Waals surface area contributed by atoms with Gasteiger partial charge in [-0.15, -0.1) is 0 Å². The van der Waals surface area contributed by atoms with Crippen LogP contribution >= 0.6 is 0 Å². The summed E-state index contributed by atoms with van der Waals surface area (Å²) in [5, 5.41) is 0. The van der Waals surface area contributed by atoms with Gasteiger partial charge in [0.25, 0.3) is 5.88 Å². The van der Waals surface area contributed by atoms with Gasteiger partial charge >= 0.3 is 0 Å². The van der Waals surface area contributed by atoms with Gasteiger partial charge in [-0.3, -0.25) is 9.88 Å². The largest absolute Gasteiger partial charge is 0.488 e. The van der Waals surface area contributed by atoms with E-state index in [0.29, 0.717) is 11.9 Å². The molecule has 2 fully saturated rings. The van der Waals surface area contributed by atoms with Crippen molar-refractivity contribution in [1.29, 1.82) is 0 Å². The monoisotopic (exact) mass is 487 g/mol. The van der Waals surface area contributed by atoms with Gasteiger partial charge in [-0.25, -0.2) is 9.97 Å². The predicted octanol–water partition coefficient (Wildman–Crippen LogP) is 4.26. The van der Waals surface area contributed by atoms with Gasteiger partial charge in [0.2, 0.25) is 0 Å². The number of nitrogen functional groups attached to an aromatic ring is 1. The van der Waals surface area contributed by atoms with Crippen LogP contribution in [0.2, 0.25) is 0 Å². The first kappa shape index (κ1) is 23.2. The molecular weight excluding hydrogens is 454 g/mol. The Morgan fingerprint density at radius 2 is 2.03 bits per heavy atom. The van der Waals surface area contributed by atoms with Crippen molar-refractivity contribution in [2.45, 2.75) is 57.8 Å². The van der Waals surface area contributed by atoms with E-state index in [9.17, 15) is 0 Å². The van der Waals surface area contributed by atoms with E-state index in [1.54, 1.807) is 18.6 Å². The number of rotatable bonds is 6. The molecule has 1 atom stereocenters. The molecule has 8 nitrogen and oxygen atoms in total. The molecule has 6 rings (SSSR count). The van der Waals surface area contributed by atoms with Crippen LogP contribution in [0, 0.1) is 6.92 Å². The molecule has 2 aromatic heterocycles. The number of nitrogens with zero attached hydrogens (tertiary/aromatic N) is 4. The average molecular weight is 488 g/mol. The van der Waals surface area contributed by atoms with E-state index in [4.69, 9.17) is 24.9 Å². The van der Waals surface area contributed by atoms with Crippen LogP contribution in [-0.4, -0.2) is 52.3 Å². The van der Waals surface area contributed by atoms with Crippen LogP contribution in [0.15, 0.2) is 36.8 Å². The number of nitrogens with two attached hydrogens (primary N) is 1. The second-order valence-corrected chi connectivity index (χ2v) is 9.95. The number of fused-ring (bicyclic) bond motifs is 3. The smallest absolute Gasteiger partial charge is 0.258 e. The molecule has 0 bridgehead atoms. The van der Waals surface area contributed by atoms with E-state index in [1.807, 2.05) is 6.07 Å². The maximum absolute atomic E-state index is 6.20. The molecule has 3 aliphatic heterocycles. The van der Waals surface area contributed by atoms with Crippen molar-refractivity contribution in [1.82, 2.24) is 19.9 Å². The molecule has 1 unspecified atom stereocenters. The molecule has 0 amide bonds. The van der Waals surface area contributed by atoms with Gasteiger partial charge < -0.3 is 19.9 Å². The molecule has 2 saturated heterocycles. The van der Waals surface area contributed by atoms with E-state index >= 15 is 0 Å². The highest BCUT2D eigenvalue weighted by Gasteiger charge is 2.32. The van der Waals surface area contributed by atoms with Crippen molar-refractivity contribution < 1.29 is 14.2 Å². The molecular formula is C28H33N5O3. The Hall–Kier alpha value is -3.23. The standard InChI is InChI=1S/C28H33N5O3/c1-18-13-20(14-23-22(18)5-10-33-9-2-3-25(23)33)24-15-31-27(29)28(32-24)35-17-19-4-8-30-16-26(19)36-21-6-11-34-12-7-21/h4,8,13-16,21,25H,2-3,5-7,9-12,17H2,1H3,(H2,29,31). The van der Waals surface area contributed by atoms with Crippen LogP contribution in [0.5, 0.6) is 11.6 Å². The number of pyridine rings is 1. The Labute approximate surface area is 211 Å². The Kier molecular flexibility index (Phi) is 6.46. The van der Waals surface area contributed by atoms with Crippen LogP contribution in [0.3, 0.4) is 0 Å². The maximum Gasteiger partial charge on any atom is 0.258 e. The lowest BCUT2D eigenvalue weighted by Gasteiger charge is -2.33. The number of anilines is 1. The van der Waals surface area contributed by atoms with Crippen LogP contribution in [0.25, 0.3) is 11.3 Å². The van der Waals surface area contributed by atoms with Gasteiger partial charge in [0.1, 0.15) is 18.5 Å². The molecule has 1 aromatic carbocycles. The van der Waals surface area contributed by atoms with E-state index in [1.165, 1.54) is 36.1 Å². The predicted molar refractivity (Wildman–Crippen MR) is 137 cm³/mol. The minimum absolute atomic E-state index is 0.123. The molecule has 36 heavy (non-hydrogen) atoms. The summed E-state index contributed by atoms with van der Waals surface area (Å²) in [6, 6.07) is 6.95. The van der Waals surface area contributed by atoms with Crippen molar-refractivity contribution >= 4 is 5.82 Å². The van der Waals surface area contributed by atoms with Crippen LogP contribution in [0.4, 0.5) is 5.82 Å². The molecule has 0 spiro atoms. The molecule has 0 aliphatic carbocycles. The molecule has 0 saturated carbocycles. The van der Waals surface area contributed by atoms with Crippen LogP contribution in [-0.2, 0) is 17.8 Å². The summed E-state index contributed by atoms with van der Waals surface area (Å²) in [4.78, 5) is 16.0. The Balaban J connectivity index is 1.23. The van der Waals surface area contributed by atoms with Crippen molar-refractivity contribution in [2.75, 3.05) is 32.0 Å². The molecule has 3 aromatic rings. The lowest BCUT2D eigenvalue weighted by Crippen LogP contribution is -2.31. The molecule has 188 valence electrons. The van der Waals surface area contributed by atoms with Gasteiger partial charge in [0.05, 0.1) is 31.3 Å².